The molecule has 2 nitrogen and oxygen atoms in total. The minimum atomic E-state index is -7.99. The Morgan fingerprint density at radius 2 is 1.16 bits per heavy atom. The van der Waals surface area contributed by atoms with Gasteiger partial charge in [-0.25, -0.2) is 0 Å². The van der Waals surface area contributed by atoms with E-state index in [0.29, 0.717) is 12.7 Å². The van der Waals surface area contributed by atoms with Gasteiger partial charge in [0.1, 0.15) is 0 Å². The normalized spacial score (nSPS) is 15.5. The third-order valence-corrected chi connectivity index (χ3v) is 4.42. The molecule has 1 atom stereocenters. The minimum absolute atomic E-state index is 0.454. The molecule has 0 saturated heterocycles. The van der Waals surface area contributed by atoms with E-state index >= 15 is 0 Å². The van der Waals surface area contributed by atoms with Gasteiger partial charge in [0.15, 0.2) is 0 Å². The first-order valence-electron chi connectivity index (χ1n) is 8.18. The number of rotatable bonds is 8. The predicted molar refractivity (Wildman–Crippen MR) is 81.3 cm³/mol. The van der Waals surface area contributed by atoms with Gasteiger partial charge in [-0.1, -0.05) is 29.8 Å². The maximum absolute atomic E-state index is 14.1. The standard InChI is InChI=1S/C17H13F13O2/c1-8-3-5-9(6-4-8)10(11(31)32-2)7-12(18,19)13(20,21)14(22,23)15(24,25)16(26,27)17(28,29)30/h3-6,10H,7H2,1-2H3. The SMILES string of the molecule is COC(=O)C(CC(F)(F)C(F)(F)C(F)(F)C(F)(F)C(F)(F)C(F)(F)F)c1ccc(C)cc1. The lowest BCUT2D eigenvalue weighted by atomic mass is 9.86. The Kier molecular flexibility index (Phi) is 7.20. The van der Waals surface area contributed by atoms with Crippen LogP contribution in [0.1, 0.15) is 23.5 Å². The first kappa shape index (κ1) is 27.8. The second-order valence-corrected chi connectivity index (χ2v) is 6.69. The zero-order valence-electron chi connectivity index (χ0n) is 15.8. The molecule has 1 unspecified atom stereocenters. The Labute approximate surface area is 171 Å². The van der Waals surface area contributed by atoms with Crippen LogP contribution in [-0.2, 0) is 9.53 Å². The van der Waals surface area contributed by atoms with Crippen LogP contribution in [0, 0.1) is 6.92 Å². The molecule has 0 fully saturated rings. The number of aryl methyl sites for hydroxylation is 1. The Balaban J connectivity index is 3.51. The quantitative estimate of drug-likeness (QED) is 0.309. The fourth-order valence-corrected chi connectivity index (χ4v) is 2.46. The number of benzene rings is 1. The van der Waals surface area contributed by atoms with Gasteiger partial charge in [0.05, 0.1) is 13.0 Å². The second kappa shape index (κ2) is 8.28. The number of halogens is 13. The average Bonchev–Trinajstić information content (AvgIpc) is 2.64. The van der Waals surface area contributed by atoms with Crippen molar-refractivity contribution in [2.24, 2.45) is 0 Å². The van der Waals surface area contributed by atoms with Crippen molar-refractivity contribution in [3.05, 3.63) is 35.4 Å². The van der Waals surface area contributed by atoms with Crippen molar-refractivity contribution in [3.8, 4) is 0 Å². The van der Waals surface area contributed by atoms with Crippen LogP contribution in [0.4, 0.5) is 57.1 Å². The van der Waals surface area contributed by atoms with E-state index in [1.165, 1.54) is 6.92 Å². The maximum atomic E-state index is 14.1. The summed E-state index contributed by atoms with van der Waals surface area (Å²) < 4.78 is 176. The smallest absolute Gasteiger partial charge is 0.460 e. The molecule has 15 heteroatoms. The molecule has 184 valence electrons. The van der Waals surface area contributed by atoms with E-state index in [9.17, 15) is 61.9 Å². The number of hydrogen-bond acceptors (Lipinski definition) is 2. The summed E-state index contributed by atoms with van der Waals surface area (Å²) in [6, 6.07) is 4.12. The topological polar surface area (TPSA) is 26.3 Å². The van der Waals surface area contributed by atoms with Crippen LogP contribution in [-0.4, -0.2) is 48.9 Å². The van der Waals surface area contributed by atoms with Crippen LogP contribution in [0.3, 0.4) is 0 Å². The van der Waals surface area contributed by atoms with Gasteiger partial charge < -0.3 is 4.74 Å². The summed E-state index contributed by atoms with van der Waals surface area (Å²) in [7, 11) is 0.576. The third kappa shape index (κ3) is 4.34. The van der Waals surface area contributed by atoms with Gasteiger partial charge in [-0.3, -0.25) is 4.79 Å². The minimum Gasteiger partial charge on any atom is -0.469 e. The molecule has 1 rings (SSSR count). The first-order valence-corrected chi connectivity index (χ1v) is 8.18. The van der Waals surface area contributed by atoms with Crippen LogP contribution in [0.2, 0.25) is 0 Å². The van der Waals surface area contributed by atoms with Crippen molar-refractivity contribution in [3.63, 3.8) is 0 Å². The second-order valence-electron chi connectivity index (χ2n) is 6.69. The van der Waals surface area contributed by atoms with Gasteiger partial charge in [-0.2, -0.15) is 57.1 Å². The van der Waals surface area contributed by atoms with Gasteiger partial charge in [0, 0.05) is 6.42 Å². The van der Waals surface area contributed by atoms with Crippen LogP contribution in [0.15, 0.2) is 24.3 Å². The molecule has 0 aromatic heterocycles. The van der Waals surface area contributed by atoms with E-state index in [4.69, 9.17) is 0 Å². The highest BCUT2D eigenvalue weighted by molar-refractivity contribution is 5.78. The van der Waals surface area contributed by atoms with E-state index in [1.807, 2.05) is 0 Å². The molecule has 0 aliphatic carbocycles. The van der Waals surface area contributed by atoms with Gasteiger partial charge in [-0.05, 0) is 12.5 Å². The molecule has 0 bridgehead atoms. The Hall–Kier alpha value is -2.22. The summed E-state index contributed by atoms with van der Waals surface area (Å²) in [5.41, 5.74) is -0.0800. The van der Waals surface area contributed by atoms with E-state index < -0.39 is 59.7 Å². The lowest BCUT2D eigenvalue weighted by Gasteiger charge is -2.40. The molecule has 0 radical (unpaired) electrons. The summed E-state index contributed by atoms with van der Waals surface area (Å²) in [6.45, 7) is 1.46. The van der Waals surface area contributed by atoms with Gasteiger partial charge >= 0.3 is 41.8 Å². The van der Waals surface area contributed by atoms with E-state index in [2.05, 4.69) is 4.74 Å². The molecule has 0 aliphatic rings. The van der Waals surface area contributed by atoms with Crippen molar-refractivity contribution < 1.29 is 66.6 Å². The molecular weight excluding hydrogens is 483 g/mol. The van der Waals surface area contributed by atoms with Crippen LogP contribution < -0.4 is 0 Å². The average molecular weight is 496 g/mol. The number of ether oxygens (including phenoxy) is 1. The number of alkyl halides is 13. The predicted octanol–water partition coefficient (Wildman–Crippen LogP) is 6.38. The van der Waals surface area contributed by atoms with Crippen LogP contribution >= 0.6 is 0 Å². The molecule has 0 N–H and O–H groups in total. The van der Waals surface area contributed by atoms with Crippen LogP contribution in [0.25, 0.3) is 0 Å². The molecule has 0 amide bonds. The zero-order chi connectivity index (χ0) is 25.6. The summed E-state index contributed by atoms with van der Waals surface area (Å²) in [6.07, 6.45) is -10.2. The monoisotopic (exact) mass is 496 g/mol. The maximum Gasteiger partial charge on any atom is 0.460 e. The summed E-state index contributed by atoms with van der Waals surface area (Å²) in [5, 5.41) is 0. The van der Waals surface area contributed by atoms with Gasteiger partial charge in [0.2, 0.25) is 0 Å². The highest BCUT2D eigenvalue weighted by Gasteiger charge is 2.90. The molecule has 0 heterocycles. The van der Waals surface area contributed by atoms with E-state index in [-0.39, 0.29) is 0 Å². The van der Waals surface area contributed by atoms with Crippen molar-refractivity contribution >= 4 is 5.97 Å². The summed E-state index contributed by atoms with van der Waals surface area (Å²) in [5.74, 6) is -41.8. The molecule has 0 spiro atoms. The first-order chi connectivity index (χ1) is 14.1. The molecule has 1 aromatic rings. The molecule has 0 saturated carbocycles. The Morgan fingerprint density at radius 3 is 1.53 bits per heavy atom. The lowest BCUT2D eigenvalue weighted by molar-refractivity contribution is -0.440. The summed E-state index contributed by atoms with van der Waals surface area (Å²) in [4.78, 5) is 11.7. The number of carbonyl (C=O) groups is 1. The molecular formula is C17H13F13O2. The number of esters is 1. The Morgan fingerprint density at radius 1 is 0.750 bits per heavy atom. The molecule has 32 heavy (non-hydrogen) atoms. The molecule has 0 aliphatic heterocycles. The Bertz CT molecular complexity index is 813. The highest BCUT2D eigenvalue weighted by atomic mass is 19.4. The number of hydrogen-bond donors (Lipinski definition) is 0. The summed E-state index contributed by atoms with van der Waals surface area (Å²) >= 11 is 0. The van der Waals surface area contributed by atoms with Crippen LogP contribution in [0.5, 0.6) is 0 Å². The van der Waals surface area contributed by atoms with Crippen molar-refractivity contribution in [1.29, 1.82) is 0 Å². The van der Waals surface area contributed by atoms with Gasteiger partial charge in [-0.15, -0.1) is 0 Å². The highest BCUT2D eigenvalue weighted by Crippen LogP contribution is 2.61. The number of methoxy groups -OCH3 is 1. The van der Waals surface area contributed by atoms with Gasteiger partial charge in [0.25, 0.3) is 0 Å². The number of carbonyl (C=O) groups excluding carboxylic acids is 1. The lowest BCUT2D eigenvalue weighted by Crippen LogP contribution is -2.70. The fourth-order valence-electron chi connectivity index (χ4n) is 2.46. The van der Waals surface area contributed by atoms with Crippen molar-refractivity contribution in [1.82, 2.24) is 0 Å². The largest absolute Gasteiger partial charge is 0.469 e. The third-order valence-electron chi connectivity index (χ3n) is 4.42. The van der Waals surface area contributed by atoms with Crippen molar-refractivity contribution in [2.75, 3.05) is 7.11 Å². The van der Waals surface area contributed by atoms with E-state index in [1.54, 1.807) is 0 Å². The zero-order valence-corrected chi connectivity index (χ0v) is 15.8. The van der Waals surface area contributed by atoms with E-state index in [0.717, 1.165) is 24.3 Å². The van der Waals surface area contributed by atoms with Crippen molar-refractivity contribution in [2.45, 2.75) is 55.1 Å². The fraction of sp³-hybridized carbons (Fsp3) is 0.588. The molecule has 1 aromatic carbocycles.